The fourth-order valence-electron chi connectivity index (χ4n) is 3.55. The molecule has 29 heavy (non-hydrogen) atoms. The summed E-state index contributed by atoms with van der Waals surface area (Å²) in [5.74, 6) is -0.512. The molecule has 0 aromatic heterocycles. The average Bonchev–Trinajstić information content (AvgIpc) is 2.72. The Morgan fingerprint density at radius 1 is 1.14 bits per heavy atom. The average molecular weight is 400 g/mol. The smallest absolute Gasteiger partial charge is 0.273 e. The zero-order valence-corrected chi connectivity index (χ0v) is 16.4. The van der Waals surface area contributed by atoms with Crippen LogP contribution < -0.4 is 10.2 Å². The second-order valence-corrected chi connectivity index (χ2v) is 7.12. The van der Waals surface area contributed by atoms with E-state index in [1.807, 2.05) is 0 Å². The van der Waals surface area contributed by atoms with Gasteiger partial charge in [-0.25, -0.2) is 4.39 Å². The van der Waals surface area contributed by atoms with Gasteiger partial charge in [0.05, 0.1) is 4.92 Å². The summed E-state index contributed by atoms with van der Waals surface area (Å²) in [6.07, 6.45) is 0.802. The molecule has 154 valence electrons. The molecule has 1 aliphatic rings. The van der Waals surface area contributed by atoms with Crippen molar-refractivity contribution >= 4 is 17.3 Å². The first-order valence-corrected chi connectivity index (χ1v) is 9.71. The molecular weight excluding hydrogens is 375 g/mol. The van der Waals surface area contributed by atoms with E-state index >= 15 is 0 Å². The Kier molecular flexibility index (Phi) is 6.77. The number of nitro groups is 1. The lowest BCUT2D eigenvalue weighted by Gasteiger charge is -2.36. The van der Waals surface area contributed by atoms with Gasteiger partial charge in [0.15, 0.2) is 0 Å². The van der Waals surface area contributed by atoms with Crippen LogP contribution >= 0.6 is 0 Å². The van der Waals surface area contributed by atoms with Crippen molar-refractivity contribution in [1.29, 1.82) is 0 Å². The molecule has 1 saturated heterocycles. The molecule has 1 amide bonds. The quantitative estimate of drug-likeness (QED) is 0.439. The molecule has 1 fully saturated rings. The molecule has 7 nitrogen and oxygen atoms in total. The highest BCUT2D eigenvalue weighted by atomic mass is 19.1. The van der Waals surface area contributed by atoms with Crippen LogP contribution in [0.3, 0.4) is 0 Å². The molecule has 0 aliphatic carbocycles. The second kappa shape index (κ2) is 9.47. The molecular formula is C21H25FN4O3. The van der Waals surface area contributed by atoms with Crippen molar-refractivity contribution in [2.45, 2.75) is 13.3 Å². The van der Waals surface area contributed by atoms with Crippen LogP contribution in [0.15, 0.2) is 42.5 Å². The van der Waals surface area contributed by atoms with Crippen molar-refractivity contribution in [1.82, 2.24) is 10.2 Å². The summed E-state index contributed by atoms with van der Waals surface area (Å²) in [6, 6.07) is 11.1. The number of nitrogens with zero attached hydrogens (tertiary/aromatic N) is 3. The Hall–Kier alpha value is -3.00. The molecule has 0 unspecified atom stereocenters. The molecule has 0 spiro atoms. The zero-order chi connectivity index (χ0) is 20.8. The van der Waals surface area contributed by atoms with E-state index in [0.29, 0.717) is 17.7 Å². The Morgan fingerprint density at radius 2 is 1.83 bits per heavy atom. The topological polar surface area (TPSA) is 78.7 Å². The monoisotopic (exact) mass is 400 g/mol. The standard InChI is InChI=1S/C21H25FN4O3/c1-16-19(4-2-5-20(16)26(28)29)21(27)23-10-3-11-24-12-14-25(15-13-24)18-8-6-17(22)7-9-18/h2,4-9H,3,10-15H2,1H3,(H,23,27). The molecule has 0 bridgehead atoms. The predicted molar refractivity (Wildman–Crippen MR) is 110 cm³/mol. The highest BCUT2D eigenvalue weighted by molar-refractivity contribution is 5.96. The molecule has 0 atom stereocenters. The first kappa shape index (κ1) is 20.7. The van der Waals surface area contributed by atoms with Gasteiger partial charge in [-0.05, 0) is 50.2 Å². The highest BCUT2D eigenvalue weighted by Gasteiger charge is 2.19. The summed E-state index contributed by atoms with van der Waals surface area (Å²) < 4.78 is 13.0. The normalized spacial score (nSPS) is 14.6. The molecule has 3 rings (SSSR count). The number of piperazine rings is 1. The molecule has 8 heteroatoms. The van der Waals surface area contributed by atoms with Crippen molar-refractivity contribution in [3.05, 3.63) is 69.5 Å². The molecule has 0 radical (unpaired) electrons. The van der Waals surface area contributed by atoms with E-state index in [2.05, 4.69) is 15.1 Å². The second-order valence-electron chi connectivity index (χ2n) is 7.12. The third-order valence-electron chi connectivity index (χ3n) is 5.25. The molecule has 0 saturated carbocycles. The van der Waals surface area contributed by atoms with E-state index in [1.165, 1.54) is 24.3 Å². The highest BCUT2D eigenvalue weighted by Crippen LogP contribution is 2.21. The van der Waals surface area contributed by atoms with Crippen LogP contribution in [0.2, 0.25) is 0 Å². The Balaban J connectivity index is 1.40. The number of halogens is 1. The SMILES string of the molecule is Cc1c(C(=O)NCCCN2CCN(c3ccc(F)cc3)CC2)cccc1[N+](=O)[O-]. The van der Waals surface area contributed by atoms with Crippen molar-refractivity contribution < 1.29 is 14.1 Å². The first-order chi connectivity index (χ1) is 14.0. The summed E-state index contributed by atoms with van der Waals surface area (Å²) in [7, 11) is 0. The van der Waals surface area contributed by atoms with Crippen molar-refractivity contribution in [2.24, 2.45) is 0 Å². The predicted octanol–water partition coefficient (Wildman–Crippen LogP) is 2.98. The largest absolute Gasteiger partial charge is 0.369 e. The van der Waals surface area contributed by atoms with E-state index in [0.717, 1.165) is 44.8 Å². The maximum atomic E-state index is 13.0. The van der Waals surface area contributed by atoms with Gasteiger partial charge >= 0.3 is 0 Å². The third kappa shape index (κ3) is 5.29. The van der Waals surface area contributed by atoms with Crippen LogP contribution in [0.25, 0.3) is 0 Å². The minimum absolute atomic E-state index is 0.0447. The van der Waals surface area contributed by atoms with Gasteiger partial charge in [0, 0.05) is 55.6 Å². The van der Waals surface area contributed by atoms with E-state index in [-0.39, 0.29) is 17.4 Å². The van der Waals surface area contributed by atoms with E-state index < -0.39 is 4.92 Å². The van der Waals surface area contributed by atoms with Gasteiger partial charge in [-0.15, -0.1) is 0 Å². The lowest BCUT2D eigenvalue weighted by molar-refractivity contribution is -0.385. The van der Waals surface area contributed by atoms with Gasteiger partial charge < -0.3 is 10.2 Å². The number of carbonyl (C=O) groups excluding carboxylic acids is 1. The maximum Gasteiger partial charge on any atom is 0.273 e. The number of carbonyl (C=O) groups is 1. The molecule has 1 heterocycles. The molecule has 2 aromatic carbocycles. The van der Waals surface area contributed by atoms with Gasteiger partial charge in [-0.3, -0.25) is 19.8 Å². The number of nitro benzene ring substituents is 1. The van der Waals surface area contributed by atoms with Crippen LogP contribution in [-0.2, 0) is 0 Å². The van der Waals surface area contributed by atoms with Gasteiger partial charge in [-0.2, -0.15) is 0 Å². The minimum atomic E-state index is -0.475. The van der Waals surface area contributed by atoms with Crippen molar-refractivity contribution in [2.75, 3.05) is 44.2 Å². The number of rotatable bonds is 7. The summed E-state index contributed by atoms with van der Waals surface area (Å²) >= 11 is 0. The Labute approximate surface area is 169 Å². The minimum Gasteiger partial charge on any atom is -0.369 e. The molecule has 1 aliphatic heterocycles. The number of amides is 1. The van der Waals surface area contributed by atoms with Crippen molar-refractivity contribution in [3.63, 3.8) is 0 Å². The van der Waals surface area contributed by atoms with E-state index in [1.54, 1.807) is 25.1 Å². The fraction of sp³-hybridized carbons (Fsp3) is 0.381. The number of nitrogens with one attached hydrogen (secondary N) is 1. The van der Waals surface area contributed by atoms with Gasteiger partial charge in [-0.1, -0.05) is 6.07 Å². The van der Waals surface area contributed by atoms with Gasteiger partial charge in [0.25, 0.3) is 11.6 Å². The summed E-state index contributed by atoms with van der Waals surface area (Å²) in [5, 5.41) is 13.9. The van der Waals surface area contributed by atoms with E-state index in [9.17, 15) is 19.3 Å². The number of anilines is 1. The zero-order valence-electron chi connectivity index (χ0n) is 16.4. The van der Waals surface area contributed by atoms with Gasteiger partial charge in [0.1, 0.15) is 5.82 Å². The summed E-state index contributed by atoms with van der Waals surface area (Å²) in [4.78, 5) is 27.4. The third-order valence-corrected chi connectivity index (χ3v) is 5.25. The Bertz CT molecular complexity index is 865. The van der Waals surface area contributed by atoms with Crippen LogP contribution in [-0.4, -0.2) is 55.0 Å². The Morgan fingerprint density at radius 3 is 2.48 bits per heavy atom. The lowest BCUT2D eigenvalue weighted by Crippen LogP contribution is -2.47. The van der Waals surface area contributed by atoms with E-state index in [4.69, 9.17) is 0 Å². The first-order valence-electron chi connectivity index (χ1n) is 9.71. The van der Waals surface area contributed by atoms with Gasteiger partial charge in [0.2, 0.25) is 0 Å². The summed E-state index contributed by atoms with van der Waals surface area (Å²) in [5.41, 5.74) is 1.71. The van der Waals surface area contributed by atoms with Crippen LogP contribution in [0.4, 0.5) is 15.8 Å². The summed E-state index contributed by atoms with van der Waals surface area (Å²) in [6.45, 7) is 6.55. The van der Waals surface area contributed by atoms with Crippen LogP contribution in [0.1, 0.15) is 22.3 Å². The molecule has 1 N–H and O–H groups in total. The van der Waals surface area contributed by atoms with Crippen molar-refractivity contribution in [3.8, 4) is 0 Å². The van der Waals surface area contributed by atoms with Crippen LogP contribution in [0, 0.1) is 22.9 Å². The number of hydrogen-bond donors (Lipinski definition) is 1. The number of benzene rings is 2. The molecule has 2 aromatic rings. The van der Waals surface area contributed by atoms with Crippen LogP contribution in [0.5, 0.6) is 0 Å². The number of hydrogen-bond acceptors (Lipinski definition) is 5. The lowest BCUT2D eigenvalue weighted by atomic mass is 10.1. The maximum absolute atomic E-state index is 13.0. The fourth-order valence-corrected chi connectivity index (χ4v) is 3.55.